The van der Waals surface area contributed by atoms with Crippen LogP contribution >= 0.6 is 31.9 Å². The Morgan fingerprint density at radius 2 is 2.18 bits per heavy atom. The van der Waals surface area contributed by atoms with E-state index in [2.05, 4.69) is 47.0 Å². The van der Waals surface area contributed by atoms with E-state index in [1.165, 1.54) is 0 Å². The monoisotopic (exact) mass is 275 g/mol. The van der Waals surface area contributed by atoms with Gasteiger partial charge in [-0.2, -0.15) is 5.10 Å². The Labute approximate surface area is 79.5 Å². The standard InChI is InChI=1S/C6H3Br2N3/c7-5-1-3-4(2-9-5)10-11-6(3)8/h1-2H,(H,10,11). The number of hydrogen-bond acceptors (Lipinski definition) is 2. The molecule has 0 aliphatic rings. The van der Waals surface area contributed by atoms with Crippen molar-refractivity contribution >= 4 is 42.8 Å². The van der Waals surface area contributed by atoms with Crippen LogP contribution in [0.4, 0.5) is 0 Å². The molecule has 0 fully saturated rings. The van der Waals surface area contributed by atoms with E-state index in [1.54, 1.807) is 6.20 Å². The van der Waals surface area contributed by atoms with Gasteiger partial charge in [0.25, 0.3) is 0 Å². The molecule has 11 heavy (non-hydrogen) atoms. The second-order valence-electron chi connectivity index (χ2n) is 2.06. The number of hydrogen-bond donors (Lipinski definition) is 1. The summed E-state index contributed by atoms with van der Waals surface area (Å²) in [5, 5.41) is 7.85. The first kappa shape index (κ1) is 7.24. The number of nitrogens with zero attached hydrogens (tertiary/aromatic N) is 2. The zero-order valence-corrected chi connectivity index (χ0v) is 8.48. The SMILES string of the molecule is Brc1cc2c(Br)[nH]nc2cn1. The van der Waals surface area contributed by atoms with Crippen LogP contribution < -0.4 is 0 Å². The maximum Gasteiger partial charge on any atom is 0.112 e. The van der Waals surface area contributed by atoms with Crippen molar-refractivity contribution in [1.29, 1.82) is 0 Å². The smallest absolute Gasteiger partial charge is 0.112 e. The van der Waals surface area contributed by atoms with E-state index in [9.17, 15) is 0 Å². The van der Waals surface area contributed by atoms with Crippen LogP contribution in [0, 0.1) is 0 Å². The maximum absolute atomic E-state index is 4.03. The van der Waals surface area contributed by atoms with Gasteiger partial charge in [-0.15, -0.1) is 0 Å². The lowest BCUT2D eigenvalue weighted by Crippen LogP contribution is -1.73. The molecule has 0 aliphatic heterocycles. The Hall–Kier alpha value is -0.420. The molecule has 56 valence electrons. The number of nitrogens with one attached hydrogen (secondary N) is 1. The predicted octanol–water partition coefficient (Wildman–Crippen LogP) is 2.48. The maximum atomic E-state index is 4.03. The highest BCUT2D eigenvalue weighted by atomic mass is 79.9. The van der Waals surface area contributed by atoms with E-state index in [1.807, 2.05) is 6.07 Å². The third-order valence-electron chi connectivity index (χ3n) is 1.36. The van der Waals surface area contributed by atoms with Crippen LogP contribution in [0.3, 0.4) is 0 Å². The molecular weight excluding hydrogens is 274 g/mol. The van der Waals surface area contributed by atoms with Crippen LogP contribution in [0.5, 0.6) is 0 Å². The van der Waals surface area contributed by atoms with Crippen LogP contribution in [0.25, 0.3) is 10.9 Å². The van der Waals surface area contributed by atoms with Gasteiger partial charge in [0.1, 0.15) is 14.7 Å². The number of halogens is 2. The summed E-state index contributed by atoms with van der Waals surface area (Å²) in [5.41, 5.74) is 0.861. The van der Waals surface area contributed by atoms with Crippen LogP contribution in [0.1, 0.15) is 0 Å². The second kappa shape index (κ2) is 2.57. The summed E-state index contributed by atoms with van der Waals surface area (Å²) in [6.45, 7) is 0. The highest BCUT2D eigenvalue weighted by Crippen LogP contribution is 2.22. The van der Waals surface area contributed by atoms with Crippen LogP contribution in [0.2, 0.25) is 0 Å². The summed E-state index contributed by atoms with van der Waals surface area (Å²) in [6.07, 6.45) is 1.71. The summed E-state index contributed by atoms with van der Waals surface area (Å²) in [6, 6.07) is 1.91. The first-order chi connectivity index (χ1) is 5.27. The van der Waals surface area contributed by atoms with Gasteiger partial charge in [0.2, 0.25) is 0 Å². The van der Waals surface area contributed by atoms with Crippen molar-refractivity contribution in [2.24, 2.45) is 0 Å². The van der Waals surface area contributed by atoms with Crippen molar-refractivity contribution in [3.05, 3.63) is 21.5 Å². The van der Waals surface area contributed by atoms with Crippen molar-refractivity contribution in [1.82, 2.24) is 15.2 Å². The molecule has 0 saturated heterocycles. The summed E-state index contributed by atoms with van der Waals surface area (Å²) in [7, 11) is 0. The van der Waals surface area contributed by atoms with E-state index in [-0.39, 0.29) is 0 Å². The van der Waals surface area contributed by atoms with Crippen molar-refractivity contribution in [2.45, 2.75) is 0 Å². The summed E-state index contributed by atoms with van der Waals surface area (Å²) < 4.78 is 1.70. The molecule has 1 N–H and O–H groups in total. The minimum absolute atomic E-state index is 0.812. The van der Waals surface area contributed by atoms with Crippen LogP contribution in [-0.2, 0) is 0 Å². The molecule has 0 unspecified atom stereocenters. The quantitative estimate of drug-likeness (QED) is 0.751. The number of aromatic amines is 1. The van der Waals surface area contributed by atoms with Gasteiger partial charge in [0.15, 0.2) is 0 Å². The van der Waals surface area contributed by atoms with Crippen LogP contribution in [0.15, 0.2) is 21.5 Å². The van der Waals surface area contributed by atoms with E-state index in [0.29, 0.717) is 0 Å². The third kappa shape index (κ3) is 1.18. The Kier molecular flexibility index (Phi) is 1.69. The van der Waals surface area contributed by atoms with E-state index < -0.39 is 0 Å². The Morgan fingerprint density at radius 3 is 3.00 bits per heavy atom. The molecule has 2 heterocycles. The first-order valence-electron chi connectivity index (χ1n) is 2.92. The molecule has 3 nitrogen and oxygen atoms in total. The van der Waals surface area contributed by atoms with Gasteiger partial charge < -0.3 is 0 Å². The zero-order valence-electron chi connectivity index (χ0n) is 5.31. The summed E-state index contributed by atoms with van der Waals surface area (Å²) in [5.74, 6) is 0. The van der Waals surface area contributed by atoms with Crippen molar-refractivity contribution < 1.29 is 0 Å². The Morgan fingerprint density at radius 1 is 1.36 bits per heavy atom. The minimum atomic E-state index is 0.812. The minimum Gasteiger partial charge on any atom is -0.270 e. The highest BCUT2D eigenvalue weighted by molar-refractivity contribution is 9.11. The fourth-order valence-electron chi connectivity index (χ4n) is 0.857. The van der Waals surface area contributed by atoms with Gasteiger partial charge in [-0.05, 0) is 37.9 Å². The molecule has 2 rings (SSSR count). The molecule has 0 spiro atoms. The molecule has 0 radical (unpaired) electrons. The lowest BCUT2D eigenvalue weighted by atomic mass is 10.3. The lowest BCUT2D eigenvalue weighted by molar-refractivity contribution is 1.09. The molecule has 0 atom stereocenters. The molecule has 0 aromatic carbocycles. The number of pyridine rings is 1. The highest BCUT2D eigenvalue weighted by Gasteiger charge is 2.02. The first-order valence-corrected chi connectivity index (χ1v) is 4.51. The zero-order chi connectivity index (χ0) is 7.84. The molecule has 0 aliphatic carbocycles. The van der Waals surface area contributed by atoms with Gasteiger partial charge in [0.05, 0.1) is 6.20 Å². The lowest BCUT2D eigenvalue weighted by Gasteiger charge is -1.88. The predicted molar refractivity (Wildman–Crippen MR) is 49.3 cm³/mol. The average Bonchev–Trinajstić information content (AvgIpc) is 2.33. The van der Waals surface area contributed by atoms with E-state index in [0.717, 1.165) is 20.1 Å². The Bertz CT molecular complexity index is 396. The average molecular weight is 277 g/mol. The fraction of sp³-hybridized carbons (Fsp3) is 0. The molecule has 0 saturated carbocycles. The molecule has 2 aromatic rings. The third-order valence-corrected chi connectivity index (χ3v) is 2.40. The van der Waals surface area contributed by atoms with E-state index >= 15 is 0 Å². The van der Waals surface area contributed by atoms with E-state index in [4.69, 9.17) is 0 Å². The molecule has 5 heteroatoms. The summed E-state index contributed by atoms with van der Waals surface area (Å²) >= 11 is 6.61. The molecule has 0 bridgehead atoms. The largest absolute Gasteiger partial charge is 0.270 e. The molecular formula is C6H3Br2N3. The second-order valence-corrected chi connectivity index (χ2v) is 3.67. The van der Waals surface area contributed by atoms with Gasteiger partial charge in [-0.25, -0.2) is 4.98 Å². The number of rotatable bonds is 0. The molecule has 0 amide bonds. The van der Waals surface area contributed by atoms with Gasteiger partial charge in [-0.1, -0.05) is 0 Å². The fourth-order valence-corrected chi connectivity index (χ4v) is 1.59. The van der Waals surface area contributed by atoms with Crippen molar-refractivity contribution in [2.75, 3.05) is 0 Å². The Balaban J connectivity index is 2.87. The molecule has 2 aromatic heterocycles. The van der Waals surface area contributed by atoms with Gasteiger partial charge in [0, 0.05) is 5.39 Å². The number of fused-ring (bicyclic) bond motifs is 1. The topological polar surface area (TPSA) is 41.6 Å². The van der Waals surface area contributed by atoms with Gasteiger partial charge in [-0.3, -0.25) is 5.10 Å². The van der Waals surface area contributed by atoms with Crippen LogP contribution in [-0.4, -0.2) is 15.2 Å². The normalized spacial score (nSPS) is 10.7. The number of H-pyrrole nitrogens is 1. The van der Waals surface area contributed by atoms with Crippen molar-refractivity contribution in [3.63, 3.8) is 0 Å². The van der Waals surface area contributed by atoms with Crippen molar-refractivity contribution in [3.8, 4) is 0 Å². The number of aromatic nitrogens is 3. The summed E-state index contributed by atoms with van der Waals surface area (Å²) in [4.78, 5) is 4.03. The van der Waals surface area contributed by atoms with Gasteiger partial charge >= 0.3 is 0 Å².